The van der Waals surface area contributed by atoms with Crippen LogP contribution in [-0.4, -0.2) is 16.3 Å². The Balaban J connectivity index is 2.28. The molecule has 0 spiro atoms. The van der Waals surface area contributed by atoms with Gasteiger partial charge in [0.15, 0.2) is 0 Å². The van der Waals surface area contributed by atoms with Gasteiger partial charge in [-0.3, -0.25) is 4.68 Å². The van der Waals surface area contributed by atoms with Crippen LogP contribution in [0.4, 0.5) is 0 Å². The average Bonchev–Trinajstić information content (AvgIpc) is 3.07. The van der Waals surface area contributed by atoms with Crippen molar-refractivity contribution >= 4 is 11.6 Å². The number of nitrogens with one attached hydrogen (secondary N) is 1. The standard InChI is InChI=1S/C15H22ClN3O/c1-4-12-15(16)14(19(6-3)18-12)9-13(17-5-2)11-7-8-20-10-11/h7-8,10,13,17H,4-6,9H2,1-3H3. The number of aryl methyl sites for hydroxylation is 2. The second-order valence-electron chi connectivity index (χ2n) is 4.75. The Morgan fingerprint density at radius 3 is 2.75 bits per heavy atom. The summed E-state index contributed by atoms with van der Waals surface area (Å²) in [4.78, 5) is 0. The molecule has 1 atom stereocenters. The molecule has 2 aromatic rings. The maximum Gasteiger partial charge on any atom is 0.0950 e. The van der Waals surface area contributed by atoms with E-state index in [9.17, 15) is 0 Å². The molecule has 1 unspecified atom stereocenters. The lowest BCUT2D eigenvalue weighted by Crippen LogP contribution is -2.23. The molecule has 20 heavy (non-hydrogen) atoms. The third-order valence-corrected chi connectivity index (χ3v) is 3.92. The number of furan rings is 1. The van der Waals surface area contributed by atoms with Gasteiger partial charge in [0.25, 0.3) is 0 Å². The van der Waals surface area contributed by atoms with Gasteiger partial charge in [0.2, 0.25) is 0 Å². The van der Waals surface area contributed by atoms with Gasteiger partial charge in [-0.2, -0.15) is 5.10 Å². The summed E-state index contributed by atoms with van der Waals surface area (Å²) < 4.78 is 7.20. The molecule has 2 rings (SSSR count). The molecule has 0 fully saturated rings. The number of halogens is 1. The molecule has 4 nitrogen and oxygen atoms in total. The normalized spacial score (nSPS) is 12.8. The smallest absolute Gasteiger partial charge is 0.0950 e. The predicted octanol–water partition coefficient (Wildman–Crippen LogP) is 3.61. The van der Waals surface area contributed by atoms with E-state index in [1.54, 1.807) is 12.5 Å². The molecule has 1 N–H and O–H groups in total. The first-order valence-corrected chi connectivity index (χ1v) is 7.58. The molecule has 0 saturated heterocycles. The Morgan fingerprint density at radius 2 is 2.20 bits per heavy atom. The molecule has 0 bridgehead atoms. The number of likely N-dealkylation sites (N-methyl/N-ethyl adjacent to an activating group) is 1. The second kappa shape index (κ2) is 6.95. The minimum Gasteiger partial charge on any atom is -0.472 e. The Kier molecular flexibility index (Phi) is 5.26. The summed E-state index contributed by atoms with van der Waals surface area (Å²) in [5, 5.41) is 8.86. The SMILES string of the molecule is CCNC(Cc1c(Cl)c(CC)nn1CC)c1ccoc1. The molecule has 2 heterocycles. The highest BCUT2D eigenvalue weighted by atomic mass is 35.5. The monoisotopic (exact) mass is 295 g/mol. The quantitative estimate of drug-likeness (QED) is 0.848. The van der Waals surface area contributed by atoms with Crippen molar-refractivity contribution in [2.45, 2.75) is 46.2 Å². The minimum atomic E-state index is 0.197. The summed E-state index contributed by atoms with van der Waals surface area (Å²) in [6.07, 6.45) is 5.16. The lowest BCUT2D eigenvalue weighted by atomic mass is 10.0. The highest BCUT2D eigenvalue weighted by molar-refractivity contribution is 6.31. The fourth-order valence-electron chi connectivity index (χ4n) is 2.43. The van der Waals surface area contributed by atoms with Crippen LogP contribution in [0.2, 0.25) is 5.02 Å². The summed E-state index contributed by atoms with van der Waals surface area (Å²) in [5.41, 5.74) is 3.22. The maximum absolute atomic E-state index is 6.48. The Morgan fingerprint density at radius 1 is 1.40 bits per heavy atom. The predicted molar refractivity (Wildman–Crippen MR) is 81.1 cm³/mol. The van der Waals surface area contributed by atoms with Gasteiger partial charge in [-0.25, -0.2) is 0 Å². The van der Waals surface area contributed by atoms with Gasteiger partial charge in [0.05, 0.1) is 28.9 Å². The first-order chi connectivity index (χ1) is 9.71. The molecule has 5 heteroatoms. The minimum absolute atomic E-state index is 0.197. The van der Waals surface area contributed by atoms with Crippen molar-refractivity contribution in [1.29, 1.82) is 0 Å². The van der Waals surface area contributed by atoms with Crippen molar-refractivity contribution in [3.05, 3.63) is 40.6 Å². The summed E-state index contributed by atoms with van der Waals surface area (Å²) in [7, 11) is 0. The van der Waals surface area contributed by atoms with E-state index in [0.717, 1.165) is 47.9 Å². The van der Waals surface area contributed by atoms with Crippen molar-refractivity contribution in [1.82, 2.24) is 15.1 Å². The lowest BCUT2D eigenvalue weighted by molar-refractivity contribution is 0.503. The molecular formula is C15H22ClN3O. The number of rotatable bonds is 7. The first kappa shape index (κ1) is 15.1. The Bertz CT molecular complexity index is 534. The van der Waals surface area contributed by atoms with Gasteiger partial charge in [-0.1, -0.05) is 25.4 Å². The summed E-state index contributed by atoms with van der Waals surface area (Å²) >= 11 is 6.48. The van der Waals surface area contributed by atoms with Crippen LogP contribution in [-0.2, 0) is 19.4 Å². The fourth-order valence-corrected chi connectivity index (χ4v) is 2.78. The van der Waals surface area contributed by atoms with Crippen LogP contribution in [0.1, 0.15) is 43.8 Å². The molecule has 110 valence electrons. The van der Waals surface area contributed by atoms with Gasteiger partial charge in [-0.15, -0.1) is 0 Å². The zero-order chi connectivity index (χ0) is 14.5. The summed E-state index contributed by atoms with van der Waals surface area (Å²) in [5.74, 6) is 0. The fraction of sp³-hybridized carbons (Fsp3) is 0.533. The van der Waals surface area contributed by atoms with E-state index in [0.29, 0.717) is 0 Å². The Labute approximate surface area is 125 Å². The molecule has 0 saturated carbocycles. The maximum atomic E-state index is 6.48. The second-order valence-corrected chi connectivity index (χ2v) is 5.13. The van der Waals surface area contributed by atoms with Gasteiger partial charge >= 0.3 is 0 Å². The molecule has 0 aromatic carbocycles. The third-order valence-electron chi connectivity index (χ3n) is 3.49. The van der Waals surface area contributed by atoms with Gasteiger partial charge in [-0.05, 0) is 26.0 Å². The third kappa shape index (κ3) is 3.07. The van der Waals surface area contributed by atoms with E-state index in [4.69, 9.17) is 16.0 Å². The van der Waals surface area contributed by atoms with Crippen LogP contribution in [0.3, 0.4) is 0 Å². The first-order valence-electron chi connectivity index (χ1n) is 7.20. The molecule has 0 radical (unpaired) electrons. The zero-order valence-corrected chi connectivity index (χ0v) is 13.1. The number of hydrogen-bond acceptors (Lipinski definition) is 3. The van der Waals surface area contributed by atoms with Crippen LogP contribution in [0.15, 0.2) is 23.0 Å². The van der Waals surface area contributed by atoms with E-state index in [-0.39, 0.29) is 6.04 Å². The molecule has 0 aliphatic heterocycles. The molecule has 0 aliphatic rings. The van der Waals surface area contributed by atoms with Crippen LogP contribution in [0.25, 0.3) is 0 Å². The highest BCUT2D eigenvalue weighted by Crippen LogP contribution is 2.27. The summed E-state index contributed by atoms with van der Waals surface area (Å²) in [6, 6.07) is 2.19. The molecule has 0 amide bonds. The number of nitrogens with zero attached hydrogens (tertiary/aromatic N) is 2. The molecule has 0 aliphatic carbocycles. The highest BCUT2D eigenvalue weighted by Gasteiger charge is 2.20. The van der Waals surface area contributed by atoms with Crippen molar-refractivity contribution in [3.63, 3.8) is 0 Å². The van der Waals surface area contributed by atoms with Crippen LogP contribution < -0.4 is 5.32 Å². The average molecular weight is 296 g/mol. The van der Waals surface area contributed by atoms with E-state index in [1.165, 1.54) is 0 Å². The largest absolute Gasteiger partial charge is 0.472 e. The Hall–Kier alpha value is -1.26. The van der Waals surface area contributed by atoms with Gasteiger partial charge in [0.1, 0.15) is 0 Å². The van der Waals surface area contributed by atoms with E-state index >= 15 is 0 Å². The topological polar surface area (TPSA) is 43.0 Å². The van der Waals surface area contributed by atoms with Crippen molar-refractivity contribution < 1.29 is 4.42 Å². The van der Waals surface area contributed by atoms with Crippen molar-refractivity contribution in [3.8, 4) is 0 Å². The van der Waals surface area contributed by atoms with Crippen LogP contribution >= 0.6 is 11.6 Å². The van der Waals surface area contributed by atoms with E-state index in [2.05, 4.69) is 31.2 Å². The molecule has 2 aromatic heterocycles. The van der Waals surface area contributed by atoms with E-state index in [1.807, 2.05) is 10.7 Å². The summed E-state index contributed by atoms with van der Waals surface area (Å²) in [6.45, 7) is 8.00. The van der Waals surface area contributed by atoms with Crippen LogP contribution in [0, 0.1) is 0 Å². The number of hydrogen-bond donors (Lipinski definition) is 1. The lowest BCUT2D eigenvalue weighted by Gasteiger charge is -2.17. The van der Waals surface area contributed by atoms with Gasteiger partial charge < -0.3 is 9.73 Å². The van der Waals surface area contributed by atoms with Crippen molar-refractivity contribution in [2.24, 2.45) is 0 Å². The van der Waals surface area contributed by atoms with E-state index < -0.39 is 0 Å². The van der Waals surface area contributed by atoms with Crippen LogP contribution in [0.5, 0.6) is 0 Å². The van der Waals surface area contributed by atoms with Crippen molar-refractivity contribution in [2.75, 3.05) is 6.54 Å². The molecular weight excluding hydrogens is 274 g/mol. The number of aromatic nitrogens is 2. The van der Waals surface area contributed by atoms with Gasteiger partial charge in [0, 0.05) is 24.6 Å². The zero-order valence-electron chi connectivity index (χ0n) is 12.3.